The van der Waals surface area contributed by atoms with E-state index in [1.165, 1.54) is 16.9 Å². The minimum atomic E-state index is -3.92. The van der Waals surface area contributed by atoms with E-state index in [2.05, 4.69) is 19.8 Å². The number of aromatic nitrogens is 4. The number of sulfonamides is 1. The number of nitrogens with two attached hydrogens (primary N) is 1. The monoisotopic (exact) mass is 330 g/mol. The number of nitrogens with zero attached hydrogens (tertiary/aromatic N) is 4. The molecule has 0 saturated carbocycles. The van der Waals surface area contributed by atoms with E-state index >= 15 is 0 Å². The number of aryl methyl sites for hydroxylation is 2. The van der Waals surface area contributed by atoms with Crippen LogP contribution in [0.4, 0.5) is 11.8 Å². The highest BCUT2D eigenvalue weighted by molar-refractivity contribution is 7.92. The Labute approximate surface area is 127 Å². The van der Waals surface area contributed by atoms with Gasteiger partial charge in [-0.25, -0.2) is 23.1 Å². The first kappa shape index (κ1) is 15.5. The molecule has 0 saturated heterocycles. The quantitative estimate of drug-likeness (QED) is 0.801. The molecule has 0 aliphatic carbocycles. The number of rotatable bonds is 5. The predicted molar refractivity (Wildman–Crippen MR) is 79.5 cm³/mol. The van der Waals surface area contributed by atoms with Crippen LogP contribution < -0.4 is 10.5 Å². The van der Waals surface area contributed by atoms with Gasteiger partial charge in [0.1, 0.15) is 10.0 Å². The largest absolute Gasteiger partial charge is 0.381 e. The lowest BCUT2D eigenvalue weighted by Crippen LogP contribution is -2.16. The van der Waals surface area contributed by atoms with E-state index in [-0.39, 0.29) is 21.8 Å². The van der Waals surface area contributed by atoms with Gasteiger partial charge >= 0.3 is 0 Å². The van der Waals surface area contributed by atoms with E-state index in [9.17, 15) is 8.42 Å². The lowest BCUT2D eigenvalue weighted by molar-refractivity contribution is 0.595. The Bertz CT molecular complexity index is 738. The molecule has 0 fully saturated rings. The maximum absolute atomic E-state index is 12.3. The van der Waals surface area contributed by atoms with Gasteiger partial charge in [-0.1, -0.05) is 18.5 Å². The molecule has 2 rings (SSSR count). The molecule has 21 heavy (non-hydrogen) atoms. The van der Waals surface area contributed by atoms with Gasteiger partial charge in [-0.2, -0.15) is 5.10 Å². The molecule has 0 radical (unpaired) electrons. The maximum Gasteiger partial charge on any atom is 0.269 e. The van der Waals surface area contributed by atoms with Gasteiger partial charge in [-0.3, -0.25) is 4.68 Å². The summed E-state index contributed by atoms with van der Waals surface area (Å²) in [5, 5.41) is 4.10. The summed E-state index contributed by atoms with van der Waals surface area (Å²) in [6.45, 7) is 4.21. The van der Waals surface area contributed by atoms with Crippen molar-refractivity contribution in [2.45, 2.75) is 31.7 Å². The van der Waals surface area contributed by atoms with Crippen LogP contribution in [0.25, 0.3) is 0 Å². The zero-order valence-corrected chi connectivity index (χ0v) is 13.1. The second kappa shape index (κ2) is 5.86. The summed E-state index contributed by atoms with van der Waals surface area (Å²) in [6.07, 6.45) is 2.18. The minimum Gasteiger partial charge on any atom is -0.381 e. The topological polar surface area (TPSA) is 116 Å². The number of nitrogens with one attached hydrogen (secondary N) is 1. The summed E-state index contributed by atoms with van der Waals surface area (Å²) in [5.41, 5.74) is 6.20. The number of hydrogen-bond donors (Lipinski definition) is 2. The van der Waals surface area contributed by atoms with E-state index in [4.69, 9.17) is 17.3 Å². The maximum atomic E-state index is 12.3. The lowest BCUT2D eigenvalue weighted by Gasteiger charge is -2.06. The van der Waals surface area contributed by atoms with E-state index in [1.54, 1.807) is 6.92 Å². The highest BCUT2D eigenvalue weighted by Crippen LogP contribution is 2.20. The lowest BCUT2D eigenvalue weighted by atomic mass is 10.5. The molecule has 2 aromatic heterocycles. The van der Waals surface area contributed by atoms with E-state index in [0.717, 1.165) is 6.42 Å². The fraction of sp³-hybridized carbons (Fsp3) is 0.364. The molecule has 0 bridgehead atoms. The van der Waals surface area contributed by atoms with Crippen LogP contribution in [0.1, 0.15) is 19.0 Å². The number of hydrogen-bond acceptors (Lipinski definition) is 6. The average Bonchev–Trinajstić information content (AvgIpc) is 2.69. The zero-order valence-electron chi connectivity index (χ0n) is 11.5. The molecule has 0 unspecified atom stereocenters. The molecule has 0 aliphatic rings. The summed E-state index contributed by atoms with van der Waals surface area (Å²) in [7, 11) is -3.92. The van der Waals surface area contributed by atoms with Crippen molar-refractivity contribution in [1.82, 2.24) is 19.7 Å². The van der Waals surface area contributed by atoms with Crippen LogP contribution in [0.2, 0.25) is 5.15 Å². The Kier molecular flexibility index (Phi) is 4.33. The van der Waals surface area contributed by atoms with Crippen LogP contribution in [0.15, 0.2) is 17.2 Å². The van der Waals surface area contributed by atoms with Gasteiger partial charge in [0, 0.05) is 18.4 Å². The third kappa shape index (κ3) is 3.61. The Hall–Kier alpha value is -1.87. The first-order valence-electron chi connectivity index (χ1n) is 6.18. The van der Waals surface area contributed by atoms with Crippen LogP contribution in [-0.4, -0.2) is 28.2 Å². The first-order chi connectivity index (χ1) is 9.81. The van der Waals surface area contributed by atoms with Crippen molar-refractivity contribution < 1.29 is 8.42 Å². The molecule has 0 atom stereocenters. The summed E-state index contributed by atoms with van der Waals surface area (Å²) in [5.74, 6) is -0.183. The van der Waals surface area contributed by atoms with E-state index in [0.29, 0.717) is 12.2 Å². The third-order valence-corrected chi connectivity index (χ3v) is 4.08. The van der Waals surface area contributed by atoms with Gasteiger partial charge in [0.2, 0.25) is 5.95 Å². The van der Waals surface area contributed by atoms with Gasteiger partial charge in [-0.05, 0) is 19.4 Å². The van der Waals surface area contributed by atoms with Crippen molar-refractivity contribution in [3.05, 3.63) is 23.1 Å². The summed E-state index contributed by atoms with van der Waals surface area (Å²) in [6, 6.07) is 1.52. The molecule has 0 spiro atoms. The highest BCUT2D eigenvalue weighted by Gasteiger charge is 2.22. The minimum absolute atomic E-state index is 0.0744. The second-order valence-corrected chi connectivity index (χ2v) is 6.44. The van der Waals surface area contributed by atoms with Crippen molar-refractivity contribution >= 4 is 33.4 Å². The fourth-order valence-corrected chi connectivity index (χ4v) is 2.98. The molecule has 0 amide bonds. The molecular weight excluding hydrogens is 316 g/mol. The normalized spacial score (nSPS) is 11.6. The van der Waals surface area contributed by atoms with Crippen LogP contribution in [0.3, 0.4) is 0 Å². The van der Waals surface area contributed by atoms with E-state index in [1.807, 2.05) is 6.92 Å². The molecule has 2 aromatic rings. The Morgan fingerprint density at radius 3 is 2.76 bits per heavy atom. The SMILES string of the molecule is CCCn1cc(S(=O)(=O)Nc2nc(C)cc(Cl)n2)c(N)n1. The van der Waals surface area contributed by atoms with Crippen LogP contribution in [0.5, 0.6) is 0 Å². The average molecular weight is 331 g/mol. The van der Waals surface area contributed by atoms with Crippen molar-refractivity contribution in [3.63, 3.8) is 0 Å². The molecule has 10 heteroatoms. The van der Waals surface area contributed by atoms with Crippen LogP contribution >= 0.6 is 11.6 Å². The molecular formula is C11H15ClN6O2S. The van der Waals surface area contributed by atoms with Crippen molar-refractivity contribution in [2.75, 3.05) is 10.5 Å². The molecule has 114 valence electrons. The molecule has 8 nitrogen and oxygen atoms in total. The molecule has 0 aromatic carbocycles. The second-order valence-electron chi connectivity index (χ2n) is 4.40. The van der Waals surface area contributed by atoms with E-state index < -0.39 is 10.0 Å². The number of anilines is 2. The van der Waals surface area contributed by atoms with Gasteiger partial charge in [0.25, 0.3) is 10.0 Å². The summed E-state index contributed by atoms with van der Waals surface area (Å²) >= 11 is 5.77. The van der Waals surface area contributed by atoms with Gasteiger partial charge in [0.05, 0.1) is 0 Å². The highest BCUT2D eigenvalue weighted by atomic mass is 35.5. The number of nitrogen functional groups attached to an aromatic ring is 1. The molecule has 0 aliphatic heterocycles. The van der Waals surface area contributed by atoms with Crippen LogP contribution in [0, 0.1) is 6.92 Å². The molecule has 3 N–H and O–H groups in total. The van der Waals surface area contributed by atoms with Crippen LogP contribution in [-0.2, 0) is 16.6 Å². The zero-order chi connectivity index (χ0) is 15.6. The van der Waals surface area contributed by atoms with Crippen molar-refractivity contribution in [2.24, 2.45) is 0 Å². The standard InChI is InChI=1S/C11H15ClN6O2S/c1-3-4-18-6-8(10(13)16-18)21(19,20)17-11-14-7(2)5-9(12)15-11/h5-6H,3-4H2,1-2H3,(H2,13,16)(H,14,15,17). The van der Waals surface area contributed by atoms with Crippen molar-refractivity contribution in [3.8, 4) is 0 Å². The Morgan fingerprint density at radius 1 is 1.43 bits per heavy atom. The summed E-state index contributed by atoms with van der Waals surface area (Å²) < 4.78 is 28.3. The predicted octanol–water partition coefficient (Wildman–Crippen LogP) is 1.43. The van der Waals surface area contributed by atoms with Gasteiger partial charge < -0.3 is 5.73 Å². The smallest absolute Gasteiger partial charge is 0.269 e. The Balaban J connectivity index is 2.33. The third-order valence-electron chi connectivity index (χ3n) is 2.55. The first-order valence-corrected chi connectivity index (χ1v) is 8.05. The van der Waals surface area contributed by atoms with Gasteiger partial charge in [0.15, 0.2) is 5.82 Å². The summed E-state index contributed by atoms with van der Waals surface area (Å²) in [4.78, 5) is 7.66. The van der Waals surface area contributed by atoms with Crippen molar-refractivity contribution in [1.29, 1.82) is 0 Å². The fourth-order valence-electron chi connectivity index (χ4n) is 1.72. The van der Waals surface area contributed by atoms with Gasteiger partial charge in [-0.15, -0.1) is 0 Å². The Morgan fingerprint density at radius 2 is 2.14 bits per heavy atom. The molecule has 2 heterocycles. The number of halogens is 1.